The van der Waals surface area contributed by atoms with E-state index in [1.807, 2.05) is 6.07 Å². The number of benzene rings is 2. The van der Waals surface area contributed by atoms with Crippen LogP contribution in [0.5, 0.6) is 11.5 Å². The molecule has 1 atom stereocenters. The molecule has 2 fully saturated rings. The van der Waals surface area contributed by atoms with Crippen molar-refractivity contribution >= 4 is 5.91 Å². The molecule has 5 rings (SSSR count). The maximum Gasteiger partial charge on any atom is 0.234 e. The SMILES string of the molecule is O=C(CN1CCC[C@@H]1c1ccc2c(c1)OCCCO2)NCc1ccc(CN2CCOCC2)cc1. The first-order chi connectivity index (χ1) is 16.7. The molecule has 2 aromatic carbocycles. The zero-order valence-electron chi connectivity index (χ0n) is 19.8. The summed E-state index contributed by atoms with van der Waals surface area (Å²) in [5, 5.41) is 3.10. The van der Waals surface area contributed by atoms with E-state index in [0.717, 1.165) is 75.7 Å². The lowest BCUT2D eigenvalue weighted by atomic mass is 10.0. The number of morpholine rings is 1. The maximum absolute atomic E-state index is 12.7. The number of carbonyl (C=O) groups excluding carboxylic acids is 1. The van der Waals surface area contributed by atoms with Crippen LogP contribution in [-0.2, 0) is 22.6 Å². The first kappa shape index (κ1) is 23.1. The molecule has 0 bridgehead atoms. The second-order valence-corrected chi connectivity index (χ2v) is 9.37. The highest BCUT2D eigenvalue weighted by molar-refractivity contribution is 5.78. The molecule has 34 heavy (non-hydrogen) atoms. The molecular formula is C27H35N3O4. The van der Waals surface area contributed by atoms with E-state index in [2.05, 4.69) is 51.5 Å². The smallest absolute Gasteiger partial charge is 0.234 e. The van der Waals surface area contributed by atoms with Gasteiger partial charge in [-0.1, -0.05) is 30.3 Å². The number of nitrogens with zero attached hydrogens (tertiary/aromatic N) is 2. The summed E-state index contributed by atoms with van der Waals surface area (Å²) in [6.45, 7) is 7.83. The number of ether oxygens (including phenoxy) is 3. The molecule has 0 unspecified atom stereocenters. The molecule has 2 aromatic rings. The summed E-state index contributed by atoms with van der Waals surface area (Å²) in [7, 11) is 0. The van der Waals surface area contributed by atoms with Crippen molar-refractivity contribution in [3.63, 3.8) is 0 Å². The van der Waals surface area contributed by atoms with Crippen LogP contribution in [0.1, 0.15) is 42.0 Å². The Hall–Kier alpha value is -2.61. The highest BCUT2D eigenvalue weighted by Gasteiger charge is 2.28. The van der Waals surface area contributed by atoms with Crippen LogP contribution in [0.3, 0.4) is 0 Å². The van der Waals surface area contributed by atoms with Crippen molar-refractivity contribution in [1.29, 1.82) is 0 Å². The van der Waals surface area contributed by atoms with Crippen molar-refractivity contribution in [3.05, 3.63) is 59.2 Å². The zero-order valence-corrected chi connectivity index (χ0v) is 19.8. The number of fused-ring (bicyclic) bond motifs is 1. The predicted molar refractivity (Wildman–Crippen MR) is 130 cm³/mol. The Morgan fingerprint density at radius 3 is 2.47 bits per heavy atom. The highest BCUT2D eigenvalue weighted by atomic mass is 16.5. The van der Waals surface area contributed by atoms with Gasteiger partial charge in [-0.25, -0.2) is 0 Å². The summed E-state index contributed by atoms with van der Waals surface area (Å²) in [4.78, 5) is 17.4. The lowest BCUT2D eigenvalue weighted by molar-refractivity contribution is -0.122. The Bertz CT molecular complexity index is 959. The third-order valence-corrected chi connectivity index (χ3v) is 6.89. The number of nitrogens with one attached hydrogen (secondary N) is 1. The quantitative estimate of drug-likeness (QED) is 0.678. The Morgan fingerprint density at radius 2 is 1.65 bits per heavy atom. The van der Waals surface area contributed by atoms with Crippen LogP contribution in [0.2, 0.25) is 0 Å². The molecule has 182 valence electrons. The molecule has 0 spiro atoms. The fourth-order valence-corrected chi connectivity index (χ4v) is 5.00. The van der Waals surface area contributed by atoms with E-state index >= 15 is 0 Å². The van der Waals surface area contributed by atoms with Crippen LogP contribution in [-0.4, -0.2) is 68.3 Å². The molecule has 0 saturated carbocycles. The molecule has 3 aliphatic heterocycles. The van der Waals surface area contributed by atoms with Gasteiger partial charge >= 0.3 is 0 Å². The van der Waals surface area contributed by atoms with E-state index in [4.69, 9.17) is 14.2 Å². The van der Waals surface area contributed by atoms with Gasteiger partial charge in [0.2, 0.25) is 5.91 Å². The van der Waals surface area contributed by atoms with Crippen LogP contribution >= 0.6 is 0 Å². The summed E-state index contributed by atoms with van der Waals surface area (Å²) in [6.07, 6.45) is 3.05. The summed E-state index contributed by atoms with van der Waals surface area (Å²) in [5.41, 5.74) is 3.62. The van der Waals surface area contributed by atoms with Crippen molar-refractivity contribution in [2.45, 2.75) is 38.4 Å². The second kappa shape index (κ2) is 11.2. The summed E-state index contributed by atoms with van der Waals surface area (Å²) in [5.74, 6) is 1.71. The lowest BCUT2D eigenvalue weighted by Crippen LogP contribution is -2.36. The van der Waals surface area contributed by atoms with Crippen LogP contribution < -0.4 is 14.8 Å². The van der Waals surface area contributed by atoms with Gasteiger partial charge in [0.15, 0.2) is 11.5 Å². The fourth-order valence-electron chi connectivity index (χ4n) is 5.00. The number of rotatable bonds is 7. The molecule has 2 saturated heterocycles. The third-order valence-electron chi connectivity index (χ3n) is 6.89. The van der Waals surface area contributed by atoms with Crippen LogP contribution in [0.4, 0.5) is 0 Å². The summed E-state index contributed by atoms with van der Waals surface area (Å²) >= 11 is 0. The number of carbonyl (C=O) groups is 1. The zero-order chi connectivity index (χ0) is 23.2. The molecule has 0 radical (unpaired) electrons. The third kappa shape index (κ3) is 5.90. The Morgan fingerprint density at radius 1 is 0.882 bits per heavy atom. The first-order valence-corrected chi connectivity index (χ1v) is 12.5. The standard InChI is InChI=1S/C27H35N3O4/c31-27(28-18-21-4-6-22(7-5-21)19-29-11-15-32-16-12-29)20-30-10-1-3-24(30)23-8-9-25-26(17-23)34-14-2-13-33-25/h4-9,17,24H,1-3,10-16,18-20H2,(H,28,31)/t24-/m1/s1. The topological polar surface area (TPSA) is 63.3 Å². The van der Waals surface area contributed by atoms with Crippen LogP contribution in [0.15, 0.2) is 42.5 Å². The average molecular weight is 466 g/mol. The van der Waals surface area contributed by atoms with E-state index in [1.54, 1.807) is 0 Å². The minimum Gasteiger partial charge on any atom is -0.490 e. The van der Waals surface area contributed by atoms with Crippen molar-refractivity contribution < 1.29 is 19.0 Å². The molecule has 7 nitrogen and oxygen atoms in total. The van der Waals surface area contributed by atoms with Gasteiger partial charge < -0.3 is 19.5 Å². The van der Waals surface area contributed by atoms with E-state index in [-0.39, 0.29) is 11.9 Å². The molecule has 0 aliphatic carbocycles. The van der Waals surface area contributed by atoms with Crippen molar-refractivity contribution in [2.75, 3.05) is 52.6 Å². The van der Waals surface area contributed by atoms with Gasteiger partial charge in [-0.3, -0.25) is 14.6 Å². The Balaban J connectivity index is 1.12. The fraction of sp³-hybridized carbons (Fsp3) is 0.519. The van der Waals surface area contributed by atoms with Gasteiger partial charge in [0.05, 0.1) is 33.0 Å². The molecule has 0 aromatic heterocycles. The van der Waals surface area contributed by atoms with Crippen LogP contribution in [0, 0.1) is 0 Å². The average Bonchev–Trinajstić information content (AvgIpc) is 3.19. The molecule has 1 amide bonds. The minimum absolute atomic E-state index is 0.0682. The van der Waals surface area contributed by atoms with Crippen LogP contribution in [0.25, 0.3) is 0 Å². The van der Waals surface area contributed by atoms with Crippen molar-refractivity contribution in [2.24, 2.45) is 0 Å². The van der Waals surface area contributed by atoms with Gasteiger partial charge in [0, 0.05) is 38.6 Å². The van der Waals surface area contributed by atoms with E-state index in [1.165, 1.54) is 11.1 Å². The highest BCUT2D eigenvalue weighted by Crippen LogP contribution is 2.37. The first-order valence-electron chi connectivity index (χ1n) is 12.5. The second-order valence-electron chi connectivity index (χ2n) is 9.37. The van der Waals surface area contributed by atoms with E-state index in [9.17, 15) is 4.79 Å². The number of likely N-dealkylation sites (tertiary alicyclic amines) is 1. The Labute approximate surface area is 202 Å². The van der Waals surface area contributed by atoms with Gasteiger partial charge in [0.25, 0.3) is 0 Å². The van der Waals surface area contributed by atoms with Gasteiger partial charge in [-0.2, -0.15) is 0 Å². The summed E-state index contributed by atoms with van der Waals surface area (Å²) in [6, 6.07) is 15.0. The molecular weight excluding hydrogens is 430 g/mol. The number of hydrogen-bond donors (Lipinski definition) is 1. The van der Waals surface area contributed by atoms with E-state index < -0.39 is 0 Å². The minimum atomic E-state index is 0.0682. The van der Waals surface area contributed by atoms with Gasteiger partial charge in [-0.05, 0) is 48.2 Å². The van der Waals surface area contributed by atoms with Crippen molar-refractivity contribution in [3.8, 4) is 11.5 Å². The monoisotopic (exact) mass is 465 g/mol. The number of hydrogen-bond acceptors (Lipinski definition) is 6. The largest absolute Gasteiger partial charge is 0.490 e. The van der Waals surface area contributed by atoms with Crippen molar-refractivity contribution in [1.82, 2.24) is 15.1 Å². The normalized spacial score (nSPS) is 21.2. The molecule has 3 aliphatic rings. The maximum atomic E-state index is 12.7. The Kier molecular flexibility index (Phi) is 7.63. The van der Waals surface area contributed by atoms with Gasteiger partial charge in [-0.15, -0.1) is 0 Å². The van der Waals surface area contributed by atoms with Gasteiger partial charge in [0.1, 0.15) is 0 Å². The predicted octanol–water partition coefficient (Wildman–Crippen LogP) is 3.13. The molecule has 7 heteroatoms. The number of amides is 1. The molecule has 3 heterocycles. The van der Waals surface area contributed by atoms with E-state index in [0.29, 0.717) is 26.3 Å². The lowest BCUT2D eigenvalue weighted by Gasteiger charge is -2.26. The molecule has 1 N–H and O–H groups in total. The summed E-state index contributed by atoms with van der Waals surface area (Å²) < 4.78 is 17.1.